The van der Waals surface area contributed by atoms with Crippen LogP contribution in [0, 0.1) is 0 Å². The Kier molecular flexibility index (Phi) is 3.84. The maximum atomic E-state index is 11.7. The molecule has 3 heterocycles. The monoisotopic (exact) mass is 306 g/mol. The first-order valence-electron chi connectivity index (χ1n) is 5.87. The number of carbonyl (C=O) groups is 1. The first-order valence-corrected chi connectivity index (χ1v) is 7.63. The third-order valence-electron chi connectivity index (χ3n) is 2.45. The molecule has 0 aliphatic carbocycles. The number of rotatable bonds is 5. The van der Waals surface area contributed by atoms with Crippen LogP contribution in [0.15, 0.2) is 33.6 Å². The largest absolute Gasteiger partial charge is 0.339 e. The van der Waals surface area contributed by atoms with E-state index >= 15 is 0 Å². The van der Waals surface area contributed by atoms with Gasteiger partial charge in [0.15, 0.2) is 5.13 Å². The minimum atomic E-state index is -0.115. The highest BCUT2D eigenvalue weighted by atomic mass is 32.1. The Labute approximate surface area is 122 Å². The van der Waals surface area contributed by atoms with E-state index in [4.69, 9.17) is 4.52 Å². The highest BCUT2D eigenvalue weighted by Crippen LogP contribution is 2.21. The lowest BCUT2D eigenvalue weighted by Crippen LogP contribution is -2.12. The fourth-order valence-electron chi connectivity index (χ4n) is 1.55. The van der Waals surface area contributed by atoms with Gasteiger partial charge in [0.2, 0.25) is 17.6 Å². The lowest BCUT2D eigenvalue weighted by molar-refractivity contribution is -0.116. The fourth-order valence-corrected chi connectivity index (χ4v) is 2.74. The highest BCUT2D eigenvalue weighted by Gasteiger charge is 2.11. The van der Waals surface area contributed by atoms with Crippen molar-refractivity contribution in [1.82, 2.24) is 15.1 Å². The third-order valence-corrected chi connectivity index (χ3v) is 4.01. The van der Waals surface area contributed by atoms with Gasteiger partial charge in [0.05, 0.1) is 4.88 Å². The summed E-state index contributed by atoms with van der Waals surface area (Å²) in [5.74, 6) is 0.911. The van der Waals surface area contributed by atoms with Crippen molar-refractivity contribution in [1.29, 1.82) is 0 Å². The number of nitrogens with one attached hydrogen (secondary N) is 1. The lowest BCUT2D eigenvalue weighted by atomic mass is 10.3. The molecule has 0 fully saturated rings. The molecule has 0 atom stereocenters. The topological polar surface area (TPSA) is 80.9 Å². The molecule has 0 bridgehead atoms. The standard InChI is InChI=1S/C12H10N4O2S2/c17-9(14-12-13-5-7-20-12)3-4-10-15-11(16-18-10)8-2-1-6-19-8/h1-2,5-7H,3-4H2,(H,13,14,17). The maximum absolute atomic E-state index is 11.7. The van der Waals surface area contributed by atoms with Gasteiger partial charge in [0, 0.05) is 24.4 Å². The van der Waals surface area contributed by atoms with E-state index in [1.807, 2.05) is 17.5 Å². The Hall–Kier alpha value is -2.06. The average Bonchev–Trinajstić information content (AvgIpc) is 3.18. The van der Waals surface area contributed by atoms with Crippen molar-refractivity contribution in [2.24, 2.45) is 0 Å². The van der Waals surface area contributed by atoms with Crippen LogP contribution < -0.4 is 5.32 Å². The van der Waals surface area contributed by atoms with Crippen molar-refractivity contribution in [2.45, 2.75) is 12.8 Å². The van der Waals surface area contributed by atoms with E-state index in [0.717, 1.165) is 4.88 Å². The predicted octanol–water partition coefficient (Wildman–Crippen LogP) is 2.83. The van der Waals surface area contributed by atoms with Crippen LogP contribution in [-0.2, 0) is 11.2 Å². The predicted molar refractivity (Wildman–Crippen MR) is 76.7 cm³/mol. The zero-order chi connectivity index (χ0) is 13.8. The minimum absolute atomic E-state index is 0.115. The van der Waals surface area contributed by atoms with Gasteiger partial charge in [-0.25, -0.2) is 4.98 Å². The molecule has 0 saturated heterocycles. The number of thiazole rings is 1. The van der Waals surface area contributed by atoms with Gasteiger partial charge in [-0.1, -0.05) is 11.2 Å². The zero-order valence-corrected chi connectivity index (χ0v) is 11.9. The first kappa shape index (κ1) is 12.9. The van der Waals surface area contributed by atoms with E-state index in [-0.39, 0.29) is 12.3 Å². The van der Waals surface area contributed by atoms with Crippen LogP contribution in [-0.4, -0.2) is 21.0 Å². The van der Waals surface area contributed by atoms with Crippen molar-refractivity contribution in [3.05, 3.63) is 35.0 Å². The quantitative estimate of drug-likeness (QED) is 0.784. The molecule has 3 rings (SSSR count). The van der Waals surface area contributed by atoms with Crippen LogP contribution in [0.5, 0.6) is 0 Å². The number of hydrogen-bond donors (Lipinski definition) is 1. The summed E-state index contributed by atoms with van der Waals surface area (Å²) in [5, 5.41) is 11.0. The number of hydrogen-bond acceptors (Lipinski definition) is 7. The third kappa shape index (κ3) is 3.09. The summed E-state index contributed by atoms with van der Waals surface area (Å²) in [4.78, 5) is 20.9. The summed E-state index contributed by atoms with van der Waals surface area (Å²) < 4.78 is 5.13. The Balaban J connectivity index is 1.55. The Bertz CT molecular complexity index is 676. The van der Waals surface area contributed by atoms with Crippen LogP contribution in [0.25, 0.3) is 10.7 Å². The van der Waals surface area contributed by atoms with E-state index < -0.39 is 0 Å². The molecule has 8 heteroatoms. The smallest absolute Gasteiger partial charge is 0.227 e. The summed E-state index contributed by atoms with van der Waals surface area (Å²) in [6.07, 6.45) is 2.34. The molecule has 0 aliphatic heterocycles. The molecular weight excluding hydrogens is 296 g/mol. The molecule has 0 unspecified atom stereocenters. The number of nitrogens with zero attached hydrogens (tertiary/aromatic N) is 3. The number of thiophene rings is 1. The molecule has 0 aliphatic rings. The summed E-state index contributed by atoms with van der Waals surface area (Å²) in [6, 6.07) is 3.85. The molecule has 0 radical (unpaired) electrons. The van der Waals surface area contributed by atoms with Crippen molar-refractivity contribution in [3.8, 4) is 10.7 Å². The Morgan fingerprint density at radius 3 is 3.05 bits per heavy atom. The number of carbonyl (C=O) groups excluding carboxylic acids is 1. The van der Waals surface area contributed by atoms with Crippen molar-refractivity contribution >= 4 is 33.7 Å². The van der Waals surface area contributed by atoms with Gasteiger partial charge in [-0.15, -0.1) is 22.7 Å². The van der Waals surface area contributed by atoms with Crippen molar-refractivity contribution < 1.29 is 9.32 Å². The minimum Gasteiger partial charge on any atom is -0.339 e. The molecule has 102 valence electrons. The van der Waals surface area contributed by atoms with Crippen LogP contribution in [0.1, 0.15) is 12.3 Å². The fraction of sp³-hybridized carbons (Fsp3) is 0.167. The zero-order valence-electron chi connectivity index (χ0n) is 10.3. The van der Waals surface area contributed by atoms with Gasteiger partial charge >= 0.3 is 0 Å². The molecule has 3 aromatic rings. The number of aromatic nitrogens is 3. The van der Waals surface area contributed by atoms with Gasteiger partial charge in [0.25, 0.3) is 0 Å². The van der Waals surface area contributed by atoms with E-state index in [9.17, 15) is 4.79 Å². The molecular formula is C12H10N4O2S2. The molecule has 0 aromatic carbocycles. The van der Waals surface area contributed by atoms with E-state index in [1.165, 1.54) is 11.3 Å². The molecule has 6 nitrogen and oxygen atoms in total. The number of aryl methyl sites for hydroxylation is 1. The Morgan fingerprint density at radius 2 is 2.30 bits per heavy atom. The van der Waals surface area contributed by atoms with E-state index in [0.29, 0.717) is 23.3 Å². The molecule has 1 N–H and O–H groups in total. The first-order chi connectivity index (χ1) is 9.81. The van der Waals surface area contributed by atoms with Gasteiger partial charge in [0.1, 0.15) is 0 Å². The lowest BCUT2D eigenvalue weighted by Gasteiger charge is -1.98. The summed E-state index contributed by atoms with van der Waals surface area (Å²) in [7, 11) is 0. The molecule has 20 heavy (non-hydrogen) atoms. The normalized spacial score (nSPS) is 10.6. The van der Waals surface area contributed by atoms with Gasteiger partial charge in [-0.3, -0.25) is 4.79 Å². The van der Waals surface area contributed by atoms with E-state index in [2.05, 4.69) is 20.4 Å². The number of anilines is 1. The second-order valence-corrected chi connectivity index (χ2v) is 5.72. The van der Waals surface area contributed by atoms with Crippen LogP contribution in [0.2, 0.25) is 0 Å². The van der Waals surface area contributed by atoms with Crippen molar-refractivity contribution in [3.63, 3.8) is 0 Å². The van der Waals surface area contributed by atoms with Crippen LogP contribution in [0.4, 0.5) is 5.13 Å². The van der Waals surface area contributed by atoms with E-state index in [1.54, 1.807) is 22.9 Å². The molecule has 3 aromatic heterocycles. The van der Waals surface area contributed by atoms with Gasteiger partial charge in [-0.2, -0.15) is 4.98 Å². The van der Waals surface area contributed by atoms with Gasteiger partial charge in [-0.05, 0) is 11.4 Å². The molecule has 0 spiro atoms. The molecule has 0 saturated carbocycles. The second kappa shape index (κ2) is 5.93. The average molecular weight is 306 g/mol. The van der Waals surface area contributed by atoms with Crippen LogP contribution >= 0.6 is 22.7 Å². The molecule has 1 amide bonds. The van der Waals surface area contributed by atoms with Crippen molar-refractivity contribution in [2.75, 3.05) is 5.32 Å². The number of amides is 1. The van der Waals surface area contributed by atoms with Gasteiger partial charge < -0.3 is 9.84 Å². The Morgan fingerprint density at radius 1 is 1.35 bits per heavy atom. The SMILES string of the molecule is O=C(CCc1nc(-c2cccs2)no1)Nc1nccs1. The highest BCUT2D eigenvalue weighted by molar-refractivity contribution is 7.13. The summed E-state index contributed by atoms with van der Waals surface area (Å²) in [6.45, 7) is 0. The summed E-state index contributed by atoms with van der Waals surface area (Å²) >= 11 is 2.93. The summed E-state index contributed by atoms with van der Waals surface area (Å²) in [5.41, 5.74) is 0. The maximum Gasteiger partial charge on any atom is 0.227 e. The van der Waals surface area contributed by atoms with Crippen LogP contribution in [0.3, 0.4) is 0 Å². The second-order valence-electron chi connectivity index (χ2n) is 3.87.